The molecule has 0 aliphatic rings. The zero-order valence-corrected chi connectivity index (χ0v) is 14.8. The first-order valence-corrected chi connectivity index (χ1v) is 8.98. The van der Waals surface area contributed by atoms with Crippen molar-refractivity contribution < 1.29 is 21.9 Å². The first-order valence-electron chi connectivity index (χ1n) is 7.62. The summed E-state index contributed by atoms with van der Waals surface area (Å²) in [4.78, 5) is 26.9. The molecule has 0 unspecified atom stereocenters. The number of H-pyrrole nitrogens is 1. The topological polar surface area (TPSA) is 114 Å². The van der Waals surface area contributed by atoms with Gasteiger partial charge in [-0.1, -0.05) is 30.3 Å². The summed E-state index contributed by atoms with van der Waals surface area (Å²) in [6.07, 6.45) is 0. The second-order valence-corrected chi connectivity index (χ2v) is 6.77. The Labute approximate surface area is 149 Å². The second-order valence-electron chi connectivity index (χ2n) is 5.75. The average molecular weight is 373 g/mol. The summed E-state index contributed by atoms with van der Waals surface area (Å²) in [7, 11) is -4.78. The Hall–Kier alpha value is -2.97. The van der Waals surface area contributed by atoms with E-state index in [1.807, 2.05) is 30.3 Å². The number of nitrogens with one attached hydrogen (secondary N) is 1. The molecule has 0 aliphatic carbocycles. The fraction of sp³-hybridized carbons (Fsp3) is 0.111. The molecule has 0 aliphatic heterocycles. The molecule has 8 heteroatoms. The predicted molar refractivity (Wildman–Crippen MR) is 96.9 cm³/mol. The van der Waals surface area contributed by atoms with Crippen molar-refractivity contribution in [1.29, 1.82) is 0 Å². The van der Waals surface area contributed by atoms with Gasteiger partial charge in [0.05, 0.1) is 11.1 Å². The Balaban J connectivity index is 2.47. The number of hydrogen-bond donors (Lipinski definition) is 2. The molecule has 0 radical (unpaired) electrons. The van der Waals surface area contributed by atoms with E-state index in [1.165, 1.54) is 19.9 Å². The van der Waals surface area contributed by atoms with Crippen molar-refractivity contribution in [2.75, 3.05) is 0 Å². The molecule has 1 heterocycles. The van der Waals surface area contributed by atoms with Crippen molar-refractivity contribution in [3.63, 3.8) is 0 Å². The number of aryl methyl sites for hydroxylation is 1. The van der Waals surface area contributed by atoms with Gasteiger partial charge in [-0.05, 0) is 37.1 Å². The van der Waals surface area contributed by atoms with E-state index >= 15 is 0 Å². The fourth-order valence-electron chi connectivity index (χ4n) is 3.02. The van der Waals surface area contributed by atoms with Crippen LogP contribution >= 0.6 is 0 Å². The van der Waals surface area contributed by atoms with E-state index in [4.69, 9.17) is 4.55 Å². The molecule has 0 bridgehead atoms. The minimum absolute atomic E-state index is 0.0945. The molecular formula is C18H15NO6S. The third-order valence-corrected chi connectivity index (χ3v) is 4.40. The lowest BCUT2D eigenvalue weighted by Gasteiger charge is -2.14. The number of hydrogen-bond acceptors (Lipinski definition) is 5. The van der Waals surface area contributed by atoms with Crippen LogP contribution in [0.25, 0.3) is 22.0 Å². The first kappa shape index (κ1) is 17.8. The number of fused-ring (bicyclic) bond motifs is 1. The molecule has 26 heavy (non-hydrogen) atoms. The van der Waals surface area contributed by atoms with Crippen LogP contribution in [0.4, 0.5) is 0 Å². The van der Waals surface area contributed by atoms with E-state index in [1.54, 1.807) is 6.07 Å². The highest BCUT2D eigenvalue weighted by Gasteiger charge is 2.21. The quantitative estimate of drug-likeness (QED) is 0.537. The molecule has 2 aromatic carbocycles. The largest absolute Gasteiger partial charge is 0.446 e. The standard InChI is InChI=1S/C18H15NO6S/c1-10-15(11(2)20)18(21)19-17-13(12-6-4-3-5-7-12)8-9-14(16(10)17)25-26(22,23)24/h3-9H,1-2H3,(H,19,21)(H,22,23,24). The van der Waals surface area contributed by atoms with Crippen LogP contribution in [0.3, 0.4) is 0 Å². The maximum absolute atomic E-state index is 12.4. The Morgan fingerprint density at radius 3 is 2.35 bits per heavy atom. The summed E-state index contributed by atoms with van der Waals surface area (Å²) in [6, 6.07) is 12.1. The van der Waals surface area contributed by atoms with Crippen molar-refractivity contribution in [3.05, 3.63) is 63.9 Å². The Morgan fingerprint density at radius 1 is 1.12 bits per heavy atom. The smallest absolute Gasteiger partial charge is 0.361 e. The maximum atomic E-state index is 12.4. The van der Waals surface area contributed by atoms with Gasteiger partial charge in [0, 0.05) is 10.9 Å². The lowest BCUT2D eigenvalue weighted by Crippen LogP contribution is -2.19. The molecule has 0 saturated heterocycles. The third-order valence-electron chi connectivity index (χ3n) is 4.01. The summed E-state index contributed by atoms with van der Waals surface area (Å²) >= 11 is 0. The molecule has 0 amide bonds. The summed E-state index contributed by atoms with van der Waals surface area (Å²) in [5, 5.41) is 0.230. The first-order chi connectivity index (χ1) is 12.2. The molecule has 7 nitrogen and oxygen atoms in total. The lowest BCUT2D eigenvalue weighted by atomic mass is 9.96. The molecule has 134 valence electrons. The van der Waals surface area contributed by atoms with Gasteiger partial charge in [0.1, 0.15) is 0 Å². The van der Waals surface area contributed by atoms with Crippen LogP contribution in [0.15, 0.2) is 47.3 Å². The predicted octanol–water partition coefficient (Wildman–Crippen LogP) is 2.89. The number of carbonyl (C=O) groups is 1. The number of carbonyl (C=O) groups excluding carboxylic acids is 1. The van der Waals surface area contributed by atoms with Crippen molar-refractivity contribution in [1.82, 2.24) is 4.98 Å². The number of ketones is 1. The fourth-order valence-corrected chi connectivity index (χ4v) is 3.39. The number of aromatic amines is 1. The average Bonchev–Trinajstić information content (AvgIpc) is 2.53. The van der Waals surface area contributed by atoms with Crippen LogP contribution < -0.4 is 9.74 Å². The summed E-state index contributed by atoms with van der Waals surface area (Å²) in [6.45, 7) is 2.77. The van der Waals surface area contributed by atoms with Gasteiger partial charge in [-0.15, -0.1) is 0 Å². The molecule has 3 rings (SSSR count). The number of rotatable bonds is 4. The third kappa shape index (κ3) is 3.24. The van der Waals surface area contributed by atoms with E-state index < -0.39 is 21.7 Å². The van der Waals surface area contributed by atoms with E-state index in [9.17, 15) is 18.0 Å². The van der Waals surface area contributed by atoms with Crippen molar-refractivity contribution in [2.45, 2.75) is 13.8 Å². The molecule has 0 spiro atoms. The van der Waals surface area contributed by atoms with Crippen molar-refractivity contribution in [3.8, 4) is 16.9 Å². The normalized spacial score (nSPS) is 11.5. The Bertz CT molecular complexity index is 1180. The van der Waals surface area contributed by atoms with Crippen LogP contribution in [-0.2, 0) is 10.4 Å². The van der Waals surface area contributed by atoms with E-state index in [-0.39, 0.29) is 22.3 Å². The van der Waals surface area contributed by atoms with Crippen molar-refractivity contribution in [2.24, 2.45) is 0 Å². The molecule has 2 N–H and O–H groups in total. The van der Waals surface area contributed by atoms with Crippen LogP contribution in [0, 0.1) is 6.92 Å². The van der Waals surface area contributed by atoms with Gasteiger partial charge in [0.2, 0.25) is 0 Å². The van der Waals surface area contributed by atoms with Gasteiger partial charge in [0.15, 0.2) is 11.5 Å². The molecular weight excluding hydrogens is 358 g/mol. The number of Topliss-reactive ketones (excluding diaryl/α,β-unsaturated/α-hetero) is 1. The van der Waals surface area contributed by atoms with Gasteiger partial charge in [0.25, 0.3) is 5.56 Å². The van der Waals surface area contributed by atoms with E-state index in [0.717, 1.165) is 5.56 Å². The molecule has 3 aromatic rings. The molecule has 1 aromatic heterocycles. The zero-order chi connectivity index (χ0) is 19.1. The Kier molecular flexibility index (Phi) is 4.39. The van der Waals surface area contributed by atoms with Gasteiger partial charge >= 0.3 is 10.4 Å². The number of pyridine rings is 1. The number of aromatic nitrogens is 1. The minimum Gasteiger partial charge on any atom is -0.361 e. The maximum Gasteiger partial charge on any atom is 0.446 e. The highest BCUT2D eigenvalue weighted by Crippen LogP contribution is 2.36. The van der Waals surface area contributed by atoms with E-state index in [0.29, 0.717) is 11.1 Å². The minimum atomic E-state index is -4.78. The van der Waals surface area contributed by atoms with Gasteiger partial charge in [-0.3, -0.25) is 14.1 Å². The highest BCUT2D eigenvalue weighted by atomic mass is 32.3. The van der Waals surface area contributed by atoms with Gasteiger partial charge < -0.3 is 9.17 Å². The van der Waals surface area contributed by atoms with Crippen LogP contribution in [0.5, 0.6) is 5.75 Å². The van der Waals surface area contributed by atoms with Gasteiger partial charge in [-0.2, -0.15) is 8.42 Å². The summed E-state index contributed by atoms with van der Waals surface area (Å²) in [5.74, 6) is -0.646. The molecule has 0 fully saturated rings. The van der Waals surface area contributed by atoms with Gasteiger partial charge in [-0.25, -0.2) is 0 Å². The molecule has 0 saturated carbocycles. The zero-order valence-electron chi connectivity index (χ0n) is 13.9. The highest BCUT2D eigenvalue weighted by molar-refractivity contribution is 7.81. The van der Waals surface area contributed by atoms with Crippen LogP contribution in [0.1, 0.15) is 22.8 Å². The Morgan fingerprint density at radius 2 is 1.77 bits per heavy atom. The monoisotopic (exact) mass is 373 g/mol. The number of benzene rings is 2. The SMILES string of the molecule is CC(=O)c1c(C)c2c(OS(=O)(=O)O)ccc(-c3ccccc3)c2[nH]c1=O. The van der Waals surface area contributed by atoms with Crippen LogP contribution in [0.2, 0.25) is 0 Å². The van der Waals surface area contributed by atoms with Crippen LogP contribution in [-0.4, -0.2) is 23.7 Å². The lowest BCUT2D eigenvalue weighted by molar-refractivity contribution is 0.101. The summed E-state index contributed by atoms with van der Waals surface area (Å²) in [5.41, 5.74) is 1.31. The van der Waals surface area contributed by atoms with Crippen molar-refractivity contribution >= 4 is 27.1 Å². The van der Waals surface area contributed by atoms with E-state index in [2.05, 4.69) is 9.17 Å². The molecule has 0 atom stereocenters. The summed E-state index contributed by atoms with van der Waals surface area (Å²) < 4.78 is 36.1. The second kappa shape index (κ2) is 6.40.